The molecular weight excluding hydrogens is 420 g/mol. The molecule has 1 aromatic carbocycles. The normalized spacial score (nSPS) is 12.0. The minimum Gasteiger partial charge on any atom is -0.496 e. The number of aromatic nitrogens is 2. The zero-order valence-electron chi connectivity index (χ0n) is 14.6. The number of halogens is 1. The van der Waals surface area contributed by atoms with E-state index in [0.717, 1.165) is 12.3 Å². The van der Waals surface area contributed by atoms with E-state index in [9.17, 15) is 21.4 Å². The summed E-state index contributed by atoms with van der Waals surface area (Å²) in [5, 5.41) is 0.0686. The molecule has 0 saturated carbocycles. The first-order valence-corrected chi connectivity index (χ1v) is 11.2. The van der Waals surface area contributed by atoms with Crippen LogP contribution in [0.25, 0.3) is 0 Å². The SMILES string of the molecule is COc1cc(S(=O)(=O)O)c(OC)cc1Cc1cc(Cl)nc(CS(C)(=O)=O)n1. The van der Waals surface area contributed by atoms with Gasteiger partial charge in [-0.25, -0.2) is 18.4 Å². The summed E-state index contributed by atoms with van der Waals surface area (Å²) in [6.07, 6.45) is 1.18. The summed E-state index contributed by atoms with van der Waals surface area (Å²) in [7, 11) is -5.28. The van der Waals surface area contributed by atoms with Gasteiger partial charge >= 0.3 is 0 Å². The van der Waals surface area contributed by atoms with Gasteiger partial charge in [0.25, 0.3) is 10.1 Å². The summed E-state index contributed by atoms with van der Waals surface area (Å²) in [6.45, 7) is 0. The second-order valence-electron chi connectivity index (χ2n) is 5.64. The van der Waals surface area contributed by atoms with Gasteiger partial charge in [0.05, 0.1) is 19.9 Å². The molecular formula is C15H17ClN2O7S2. The van der Waals surface area contributed by atoms with Gasteiger partial charge in [0.2, 0.25) is 0 Å². The van der Waals surface area contributed by atoms with Gasteiger partial charge in [-0.2, -0.15) is 8.42 Å². The summed E-state index contributed by atoms with van der Waals surface area (Å²) in [4.78, 5) is 7.63. The van der Waals surface area contributed by atoms with Crippen LogP contribution in [0, 0.1) is 0 Å². The fraction of sp³-hybridized carbons (Fsp3) is 0.333. The van der Waals surface area contributed by atoms with E-state index in [1.54, 1.807) is 0 Å². The van der Waals surface area contributed by atoms with Gasteiger partial charge in [0.1, 0.15) is 33.1 Å². The molecule has 0 bridgehead atoms. The van der Waals surface area contributed by atoms with E-state index in [2.05, 4.69) is 9.97 Å². The first-order chi connectivity index (χ1) is 12.4. The van der Waals surface area contributed by atoms with E-state index >= 15 is 0 Å². The third-order valence-corrected chi connectivity index (χ3v) is 5.25. The molecule has 0 aliphatic carbocycles. The van der Waals surface area contributed by atoms with Gasteiger partial charge in [-0.05, 0) is 12.1 Å². The Morgan fingerprint density at radius 2 is 1.67 bits per heavy atom. The number of hydrogen-bond acceptors (Lipinski definition) is 8. The van der Waals surface area contributed by atoms with Crippen molar-refractivity contribution in [3.63, 3.8) is 0 Å². The Labute approximate surface area is 162 Å². The largest absolute Gasteiger partial charge is 0.496 e. The number of methoxy groups -OCH3 is 2. The highest BCUT2D eigenvalue weighted by Crippen LogP contribution is 2.33. The molecule has 0 fully saturated rings. The molecule has 2 rings (SSSR count). The molecule has 0 radical (unpaired) electrons. The fourth-order valence-corrected chi connectivity index (χ4v) is 3.85. The maximum absolute atomic E-state index is 11.5. The number of rotatable bonds is 7. The van der Waals surface area contributed by atoms with Crippen molar-refractivity contribution in [3.05, 3.63) is 40.4 Å². The zero-order chi connectivity index (χ0) is 20.4. The highest BCUT2D eigenvalue weighted by Gasteiger charge is 2.21. The molecule has 1 heterocycles. The van der Waals surface area contributed by atoms with E-state index < -0.39 is 24.9 Å². The van der Waals surface area contributed by atoms with Gasteiger partial charge in [-0.1, -0.05) is 11.6 Å². The van der Waals surface area contributed by atoms with Gasteiger partial charge in [0.15, 0.2) is 9.84 Å². The van der Waals surface area contributed by atoms with E-state index in [4.69, 9.17) is 21.1 Å². The Morgan fingerprint density at radius 3 is 2.19 bits per heavy atom. The molecule has 148 valence electrons. The minimum absolute atomic E-state index is 0.0421. The lowest BCUT2D eigenvalue weighted by molar-refractivity contribution is 0.385. The summed E-state index contributed by atoms with van der Waals surface area (Å²) in [5.74, 6) is -0.240. The molecule has 1 aromatic heterocycles. The standard InChI is InChI=1S/C15H17ClN2O7S2/c1-24-11-7-13(27(21,22)23)12(25-2)5-9(11)4-10-6-14(16)18-15(17-10)8-26(3,19)20/h5-7H,4,8H2,1-3H3,(H,21,22,23). The third kappa shape index (κ3) is 5.76. The number of sulfone groups is 1. The van der Waals surface area contributed by atoms with Crippen molar-refractivity contribution >= 4 is 31.6 Å². The molecule has 0 atom stereocenters. The molecule has 0 amide bonds. The van der Waals surface area contributed by atoms with Crippen LogP contribution in [0.3, 0.4) is 0 Å². The predicted octanol–water partition coefficient (Wildman–Crippen LogP) is 1.53. The van der Waals surface area contributed by atoms with Gasteiger partial charge in [-0.3, -0.25) is 4.55 Å². The van der Waals surface area contributed by atoms with Crippen LogP contribution in [0.2, 0.25) is 5.15 Å². The van der Waals surface area contributed by atoms with Crippen LogP contribution in [0.5, 0.6) is 11.5 Å². The van der Waals surface area contributed by atoms with Crippen molar-refractivity contribution < 1.29 is 30.9 Å². The molecule has 1 N–H and O–H groups in total. The Bertz CT molecular complexity index is 1070. The molecule has 0 unspecified atom stereocenters. The predicted molar refractivity (Wildman–Crippen MR) is 97.8 cm³/mol. The Hall–Kier alpha value is -1.95. The number of nitrogens with zero attached hydrogens (tertiary/aromatic N) is 2. The van der Waals surface area contributed by atoms with Crippen LogP contribution in [-0.4, -0.2) is 51.8 Å². The molecule has 27 heavy (non-hydrogen) atoms. The van der Waals surface area contributed by atoms with Crippen LogP contribution in [0.15, 0.2) is 23.1 Å². The second kappa shape index (κ2) is 7.97. The van der Waals surface area contributed by atoms with Gasteiger partial charge in [-0.15, -0.1) is 0 Å². The van der Waals surface area contributed by atoms with Crippen molar-refractivity contribution in [3.8, 4) is 11.5 Å². The fourth-order valence-electron chi connectivity index (χ4n) is 2.37. The molecule has 0 saturated heterocycles. The lowest BCUT2D eigenvalue weighted by atomic mass is 10.1. The summed E-state index contributed by atoms with van der Waals surface area (Å²) >= 11 is 5.95. The monoisotopic (exact) mass is 436 g/mol. The first kappa shape index (κ1) is 21.4. The smallest absolute Gasteiger partial charge is 0.298 e. The maximum Gasteiger partial charge on any atom is 0.298 e. The topological polar surface area (TPSA) is 133 Å². The molecule has 0 spiro atoms. The number of benzene rings is 1. The Morgan fingerprint density at radius 1 is 1.04 bits per heavy atom. The van der Waals surface area contributed by atoms with Crippen molar-refractivity contribution in [2.75, 3.05) is 20.5 Å². The quantitative estimate of drug-likeness (QED) is 0.506. The Balaban J connectivity index is 2.51. The van der Waals surface area contributed by atoms with Crippen LogP contribution >= 0.6 is 11.6 Å². The first-order valence-electron chi connectivity index (χ1n) is 7.35. The van der Waals surface area contributed by atoms with E-state index in [0.29, 0.717) is 11.3 Å². The summed E-state index contributed by atoms with van der Waals surface area (Å²) < 4.78 is 65.5. The van der Waals surface area contributed by atoms with Crippen molar-refractivity contribution in [1.29, 1.82) is 0 Å². The van der Waals surface area contributed by atoms with Gasteiger partial charge < -0.3 is 9.47 Å². The second-order valence-corrected chi connectivity index (χ2v) is 9.55. The number of hydrogen-bond donors (Lipinski definition) is 1. The lowest BCUT2D eigenvalue weighted by Gasteiger charge is -2.13. The molecule has 0 aliphatic rings. The lowest BCUT2D eigenvalue weighted by Crippen LogP contribution is -2.08. The van der Waals surface area contributed by atoms with Crippen molar-refractivity contribution in [2.45, 2.75) is 17.1 Å². The molecule has 2 aromatic rings. The van der Waals surface area contributed by atoms with E-state index in [1.807, 2.05) is 0 Å². The van der Waals surface area contributed by atoms with E-state index in [1.165, 1.54) is 26.4 Å². The van der Waals surface area contributed by atoms with Crippen LogP contribution in [-0.2, 0) is 32.1 Å². The number of ether oxygens (including phenoxy) is 2. The average Bonchev–Trinajstić information content (AvgIpc) is 2.51. The molecule has 0 aliphatic heterocycles. The van der Waals surface area contributed by atoms with Gasteiger partial charge in [0, 0.05) is 24.3 Å². The van der Waals surface area contributed by atoms with Crippen LogP contribution in [0.1, 0.15) is 17.1 Å². The minimum atomic E-state index is -4.52. The van der Waals surface area contributed by atoms with Crippen LogP contribution < -0.4 is 9.47 Å². The highest BCUT2D eigenvalue weighted by atomic mass is 35.5. The Kier molecular flexibility index (Phi) is 6.30. The maximum atomic E-state index is 11.5. The third-order valence-electron chi connectivity index (χ3n) is 3.40. The average molecular weight is 437 g/mol. The summed E-state index contributed by atoms with van der Waals surface area (Å²) in [6, 6.07) is 3.97. The van der Waals surface area contributed by atoms with Crippen molar-refractivity contribution in [1.82, 2.24) is 9.97 Å². The molecule has 12 heteroatoms. The van der Waals surface area contributed by atoms with E-state index in [-0.39, 0.29) is 34.7 Å². The summed E-state index contributed by atoms with van der Waals surface area (Å²) in [5.41, 5.74) is 0.885. The van der Waals surface area contributed by atoms with Crippen molar-refractivity contribution in [2.24, 2.45) is 0 Å². The molecule has 9 nitrogen and oxygen atoms in total. The highest BCUT2D eigenvalue weighted by molar-refractivity contribution is 7.89. The zero-order valence-corrected chi connectivity index (χ0v) is 17.0. The van der Waals surface area contributed by atoms with Crippen LogP contribution in [0.4, 0.5) is 0 Å².